The number of hydrogen-bond donors (Lipinski definition) is 4. The van der Waals surface area contributed by atoms with Gasteiger partial charge in [-0.3, -0.25) is 4.57 Å². The molecular formula is C4H14BrN2O3P. The second-order valence-corrected chi connectivity index (χ2v) is 2.35. The van der Waals surface area contributed by atoms with Crippen molar-refractivity contribution >= 4 is 25.2 Å². The Morgan fingerprint density at radius 2 is 1.18 bits per heavy atom. The lowest BCUT2D eigenvalue weighted by molar-refractivity contribution is 0.405. The van der Waals surface area contributed by atoms with Gasteiger partial charge < -0.3 is 20.4 Å². The van der Waals surface area contributed by atoms with E-state index in [0.29, 0.717) is 0 Å². The minimum Gasteiger partial charge on any atom is -0.326 e. The Balaban J connectivity index is 0. The van der Waals surface area contributed by atoms with E-state index in [4.69, 9.17) is 14.4 Å². The van der Waals surface area contributed by atoms with E-state index < -0.39 is 8.25 Å². The van der Waals surface area contributed by atoms with Gasteiger partial charge >= 0.3 is 8.25 Å². The van der Waals surface area contributed by atoms with Crippen LogP contribution in [0.15, 0.2) is 0 Å². The van der Waals surface area contributed by atoms with E-state index in [-0.39, 0.29) is 17.0 Å². The molecule has 1 saturated heterocycles. The first kappa shape index (κ1) is 14.1. The van der Waals surface area contributed by atoms with Crippen LogP contribution >= 0.6 is 25.2 Å². The SMILES string of the molecule is Br.C1CNCCN1.O=[PH](O)O. The number of piperazine rings is 1. The van der Waals surface area contributed by atoms with E-state index in [1.165, 1.54) is 0 Å². The molecule has 0 spiro atoms. The maximum absolute atomic E-state index is 8.74. The molecule has 0 unspecified atom stereocenters. The molecule has 0 atom stereocenters. The highest BCUT2D eigenvalue weighted by molar-refractivity contribution is 8.93. The normalized spacial score (nSPS) is 16.3. The van der Waals surface area contributed by atoms with Crippen molar-refractivity contribution in [2.45, 2.75) is 0 Å². The summed E-state index contributed by atoms with van der Waals surface area (Å²) in [5.41, 5.74) is 0. The lowest BCUT2D eigenvalue weighted by atomic mass is 10.4. The summed E-state index contributed by atoms with van der Waals surface area (Å²) >= 11 is 0. The average molecular weight is 249 g/mol. The molecule has 0 amide bonds. The number of hydrogen-bond acceptors (Lipinski definition) is 3. The number of halogens is 1. The van der Waals surface area contributed by atoms with Gasteiger partial charge in [0.05, 0.1) is 0 Å². The zero-order chi connectivity index (χ0) is 7.82. The van der Waals surface area contributed by atoms with Crippen LogP contribution in [0.1, 0.15) is 0 Å². The van der Waals surface area contributed by atoms with Crippen LogP contribution in [0.25, 0.3) is 0 Å². The largest absolute Gasteiger partial charge is 0.326 e. The summed E-state index contributed by atoms with van der Waals surface area (Å²) in [4.78, 5) is 14.3. The predicted molar refractivity (Wildman–Crippen MR) is 49.5 cm³/mol. The fourth-order valence-corrected chi connectivity index (χ4v) is 0.604. The molecule has 70 valence electrons. The summed E-state index contributed by atoms with van der Waals surface area (Å²) in [5.74, 6) is 0. The lowest BCUT2D eigenvalue weighted by Crippen LogP contribution is -2.39. The monoisotopic (exact) mass is 248 g/mol. The minimum atomic E-state index is -3.13. The molecule has 1 fully saturated rings. The fraction of sp³-hybridized carbons (Fsp3) is 1.00. The molecular weight excluding hydrogens is 235 g/mol. The number of nitrogens with one attached hydrogen (secondary N) is 2. The van der Waals surface area contributed by atoms with Gasteiger partial charge in [-0.1, -0.05) is 0 Å². The van der Waals surface area contributed by atoms with Gasteiger partial charge in [-0.25, -0.2) is 0 Å². The molecule has 1 aliphatic rings. The molecule has 1 rings (SSSR count). The van der Waals surface area contributed by atoms with Crippen molar-refractivity contribution in [2.75, 3.05) is 26.2 Å². The van der Waals surface area contributed by atoms with Gasteiger partial charge in [-0.05, 0) is 0 Å². The average Bonchev–Trinajstić information content (AvgIpc) is 1.90. The highest BCUT2D eigenvalue weighted by Gasteiger charge is 1.91. The van der Waals surface area contributed by atoms with Crippen LogP contribution in [0.4, 0.5) is 0 Å². The molecule has 0 radical (unpaired) electrons. The van der Waals surface area contributed by atoms with Gasteiger partial charge in [-0.15, -0.1) is 17.0 Å². The molecule has 1 aliphatic heterocycles. The first-order chi connectivity index (χ1) is 4.73. The molecule has 0 saturated carbocycles. The van der Waals surface area contributed by atoms with E-state index in [1.807, 2.05) is 0 Å². The second-order valence-electron chi connectivity index (χ2n) is 1.78. The van der Waals surface area contributed by atoms with Gasteiger partial charge in [0.1, 0.15) is 0 Å². The van der Waals surface area contributed by atoms with Crippen molar-refractivity contribution < 1.29 is 14.4 Å². The minimum absolute atomic E-state index is 0. The Kier molecular flexibility index (Phi) is 13.5. The van der Waals surface area contributed by atoms with Crippen LogP contribution in [-0.4, -0.2) is 36.0 Å². The highest BCUT2D eigenvalue weighted by atomic mass is 79.9. The van der Waals surface area contributed by atoms with Gasteiger partial charge in [0.15, 0.2) is 0 Å². The van der Waals surface area contributed by atoms with Crippen molar-refractivity contribution in [3.8, 4) is 0 Å². The van der Waals surface area contributed by atoms with Gasteiger partial charge in [-0.2, -0.15) is 0 Å². The van der Waals surface area contributed by atoms with Crippen molar-refractivity contribution in [1.29, 1.82) is 0 Å². The van der Waals surface area contributed by atoms with Crippen molar-refractivity contribution in [1.82, 2.24) is 10.6 Å². The Labute approximate surface area is 76.9 Å². The van der Waals surface area contributed by atoms with E-state index in [0.717, 1.165) is 26.2 Å². The Bertz CT molecular complexity index is 85.8. The maximum Gasteiger partial charge on any atom is 0.314 e. The third-order valence-electron chi connectivity index (χ3n) is 0.957. The fourth-order valence-electron chi connectivity index (χ4n) is 0.604. The second kappa shape index (κ2) is 10.6. The van der Waals surface area contributed by atoms with Crippen LogP contribution in [0.3, 0.4) is 0 Å². The molecule has 7 heteroatoms. The van der Waals surface area contributed by atoms with Crippen LogP contribution in [-0.2, 0) is 4.57 Å². The zero-order valence-corrected chi connectivity index (χ0v) is 8.75. The third kappa shape index (κ3) is 18.0. The summed E-state index contributed by atoms with van der Waals surface area (Å²) < 4.78 is 8.74. The van der Waals surface area contributed by atoms with Crippen molar-refractivity contribution in [2.24, 2.45) is 0 Å². The van der Waals surface area contributed by atoms with Gasteiger partial charge in [0, 0.05) is 26.2 Å². The quantitative estimate of drug-likeness (QED) is 0.419. The summed E-state index contributed by atoms with van der Waals surface area (Å²) in [6.45, 7) is 4.56. The van der Waals surface area contributed by atoms with Crippen LogP contribution in [0.5, 0.6) is 0 Å². The van der Waals surface area contributed by atoms with E-state index in [1.54, 1.807) is 0 Å². The van der Waals surface area contributed by atoms with E-state index >= 15 is 0 Å². The third-order valence-corrected chi connectivity index (χ3v) is 0.957. The first-order valence-electron chi connectivity index (χ1n) is 3.07. The Morgan fingerprint density at radius 3 is 1.27 bits per heavy atom. The molecule has 0 aromatic rings. The van der Waals surface area contributed by atoms with Crippen LogP contribution in [0.2, 0.25) is 0 Å². The molecule has 0 aromatic heterocycles. The van der Waals surface area contributed by atoms with Crippen molar-refractivity contribution in [3.05, 3.63) is 0 Å². The Hall–Kier alpha value is 0.550. The first-order valence-corrected chi connectivity index (χ1v) is 4.37. The predicted octanol–water partition coefficient (Wildman–Crippen LogP) is -0.882. The summed E-state index contributed by atoms with van der Waals surface area (Å²) in [5, 5.41) is 6.44. The Morgan fingerprint density at radius 1 is 1.00 bits per heavy atom. The molecule has 0 aliphatic carbocycles. The summed E-state index contributed by atoms with van der Waals surface area (Å²) in [6.07, 6.45) is 0. The van der Waals surface area contributed by atoms with Crippen LogP contribution in [0, 0.1) is 0 Å². The van der Waals surface area contributed by atoms with Gasteiger partial charge in [0.2, 0.25) is 0 Å². The smallest absolute Gasteiger partial charge is 0.314 e. The van der Waals surface area contributed by atoms with Crippen LogP contribution < -0.4 is 10.6 Å². The molecule has 0 bridgehead atoms. The summed E-state index contributed by atoms with van der Waals surface area (Å²) in [6, 6.07) is 0. The molecule has 0 aromatic carbocycles. The standard InChI is InChI=1S/C4H10N2.BrH.H3O3P/c1-2-6-4-3-5-1;;1-4(2)3/h5-6H,1-4H2;1H;4H,(H2,1,2,3). The molecule has 4 N–H and O–H groups in total. The van der Waals surface area contributed by atoms with Gasteiger partial charge in [0.25, 0.3) is 0 Å². The molecule has 5 nitrogen and oxygen atoms in total. The van der Waals surface area contributed by atoms with E-state index in [2.05, 4.69) is 10.6 Å². The molecule has 1 heterocycles. The summed E-state index contributed by atoms with van der Waals surface area (Å²) in [7, 11) is -3.13. The molecule has 11 heavy (non-hydrogen) atoms. The van der Waals surface area contributed by atoms with Crippen molar-refractivity contribution in [3.63, 3.8) is 0 Å². The maximum atomic E-state index is 8.74. The lowest BCUT2D eigenvalue weighted by Gasteiger charge is -2.11. The zero-order valence-electron chi connectivity index (χ0n) is 6.04. The topological polar surface area (TPSA) is 81.6 Å². The number of rotatable bonds is 0. The highest BCUT2D eigenvalue weighted by Crippen LogP contribution is 1.98. The van der Waals surface area contributed by atoms with E-state index in [9.17, 15) is 0 Å².